The normalized spacial score (nSPS) is 11.5. The maximum absolute atomic E-state index is 12.3. The Labute approximate surface area is 134 Å². The van der Waals surface area contributed by atoms with Gasteiger partial charge in [0.25, 0.3) is 0 Å². The number of carboxylic acid groups (broad SMARTS) is 1. The van der Waals surface area contributed by atoms with Crippen LogP contribution in [0.4, 0.5) is 0 Å². The van der Waals surface area contributed by atoms with E-state index in [9.17, 15) is 13.2 Å². The lowest BCUT2D eigenvalue weighted by Gasteiger charge is -2.11. The maximum Gasteiger partial charge on any atom is 0.335 e. The summed E-state index contributed by atoms with van der Waals surface area (Å²) in [6, 6.07) is 2.52. The molecule has 1 aromatic heterocycles. The van der Waals surface area contributed by atoms with Crippen LogP contribution in [-0.2, 0) is 16.6 Å². The first-order chi connectivity index (χ1) is 9.81. The molecule has 0 aliphatic heterocycles. The molecule has 9 heteroatoms. The molecule has 0 saturated carbocycles. The first kappa shape index (κ1) is 16.1. The largest absolute Gasteiger partial charge is 0.478 e. The van der Waals surface area contributed by atoms with Gasteiger partial charge in [0, 0.05) is 9.85 Å². The third-order valence-electron chi connectivity index (χ3n) is 2.76. The summed E-state index contributed by atoms with van der Waals surface area (Å²) in [7, 11) is -3.82. The second kappa shape index (κ2) is 6.22. The third-order valence-corrected chi connectivity index (χ3v) is 5.75. The number of sulfonamides is 1. The molecule has 2 N–H and O–H groups in total. The second-order valence-electron chi connectivity index (χ2n) is 4.19. The lowest BCUT2D eigenvalue weighted by atomic mass is 10.1. The third kappa shape index (κ3) is 3.67. The summed E-state index contributed by atoms with van der Waals surface area (Å²) < 4.78 is 27.5. The Bertz CT molecular complexity index is 773. The average molecular weight is 391 g/mol. The first-order valence-electron chi connectivity index (χ1n) is 5.71. The fourth-order valence-electron chi connectivity index (χ4n) is 1.63. The van der Waals surface area contributed by atoms with Gasteiger partial charge in [-0.2, -0.15) is 0 Å². The maximum atomic E-state index is 12.3. The molecule has 21 heavy (non-hydrogen) atoms. The van der Waals surface area contributed by atoms with Crippen molar-refractivity contribution in [1.29, 1.82) is 0 Å². The van der Waals surface area contributed by atoms with Gasteiger partial charge in [-0.15, -0.1) is 11.3 Å². The highest BCUT2D eigenvalue weighted by Crippen LogP contribution is 2.26. The van der Waals surface area contributed by atoms with E-state index >= 15 is 0 Å². The summed E-state index contributed by atoms with van der Waals surface area (Å²) in [5, 5.41) is 10.8. The van der Waals surface area contributed by atoms with Crippen LogP contribution in [0.25, 0.3) is 0 Å². The topological polar surface area (TPSA) is 96.4 Å². The fourth-order valence-corrected chi connectivity index (χ4v) is 4.07. The van der Waals surface area contributed by atoms with Crippen molar-refractivity contribution in [1.82, 2.24) is 9.71 Å². The van der Waals surface area contributed by atoms with Crippen LogP contribution in [0.5, 0.6) is 0 Å². The summed E-state index contributed by atoms with van der Waals surface area (Å²) >= 11 is 4.55. The molecule has 0 spiro atoms. The zero-order valence-corrected chi connectivity index (χ0v) is 14.0. The van der Waals surface area contributed by atoms with Crippen LogP contribution in [0.2, 0.25) is 0 Å². The summed E-state index contributed by atoms with van der Waals surface area (Å²) in [5.74, 6) is -1.19. The minimum Gasteiger partial charge on any atom is -0.478 e. The van der Waals surface area contributed by atoms with Crippen LogP contribution < -0.4 is 4.72 Å². The van der Waals surface area contributed by atoms with E-state index < -0.39 is 16.0 Å². The van der Waals surface area contributed by atoms with Crippen LogP contribution in [0.3, 0.4) is 0 Å². The van der Waals surface area contributed by atoms with Gasteiger partial charge in [0.05, 0.1) is 28.2 Å². The summed E-state index contributed by atoms with van der Waals surface area (Å²) in [4.78, 5) is 15.0. The Morgan fingerprint density at radius 3 is 2.76 bits per heavy atom. The minimum absolute atomic E-state index is 0.0557. The monoisotopic (exact) mass is 390 g/mol. The average Bonchev–Trinajstić information content (AvgIpc) is 2.92. The van der Waals surface area contributed by atoms with Crippen molar-refractivity contribution >= 4 is 43.3 Å². The van der Waals surface area contributed by atoms with E-state index in [0.717, 1.165) is 6.07 Å². The number of nitrogens with zero attached hydrogens (tertiary/aromatic N) is 1. The first-order valence-corrected chi connectivity index (χ1v) is 8.93. The van der Waals surface area contributed by atoms with Crippen molar-refractivity contribution in [2.24, 2.45) is 0 Å². The van der Waals surface area contributed by atoms with Gasteiger partial charge in [0.1, 0.15) is 0 Å². The van der Waals surface area contributed by atoms with Crippen LogP contribution in [0.15, 0.2) is 32.4 Å². The van der Waals surface area contributed by atoms with Crippen molar-refractivity contribution in [3.63, 3.8) is 0 Å². The standard InChI is InChI=1S/C12H11BrN2O4S2/c1-7-10(13)2-8(12(16)17)3-11(7)21(18,19)15-4-9-5-20-6-14-9/h2-3,5-6,15H,4H2,1H3,(H,16,17). The molecular weight excluding hydrogens is 380 g/mol. The molecule has 6 nitrogen and oxygen atoms in total. The molecule has 112 valence electrons. The molecular formula is C12H11BrN2O4S2. The molecule has 1 aromatic carbocycles. The van der Waals surface area contributed by atoms with Crippen molar-refractivity contribution in [2.45, 2.75) is 18.4 Å². The summed E-state index contributed by atoms with van der Waals surface area (Å²) in [6.45, 7) is 1.66. The van der Waals surface area contributed by atoms with E-state index in [1.165, 1.54) is 17.4 Å². The van der Waals surface area contributed by atoms with E-state index in [1.54, 1.807) is 17.8 Å². The number of rotatable bonds is 5. The quantitative estimate of drug-likeness (QED) is 0.816. The Hall–Kier alpha value is -1.29. The van der Waals surface area contributed by atoms with Gasteiger partial charge in [0.15, 0.2) is 0 Å². The van der Waals surface area contributed by atoms with E-state index in [0.29, 0.717) is 15.7 Å². The smallest absolute Gasteiger partial charge is 0.335 e. The van der Waals surface area contributed by atoms with Crippen LogP contribution in [0, 0.1) is 6.92 Å². The Balaban J connectivity index is 2.37. The summed E-state index contributed by atoms with van der Waals surface area (Å²) in [5.41, 5.74) is 2.57. The highest BCUT2D eigenvalue weighted by molar-refractivity contribution is 9.10. The molecule has 0 fully saturated rings. The number of nitrogens with one attached hydrogen (secondary N) is 1. The van der Waals surface area contributed by atoms with Crippen molar-refractivity contribution in [3.05, 3.63) is 44.3 Å². The fraction of sp³-hybridized carbons (Fsp3) is 0.167. The van der Waals surface area contributed by atoms with Gasteiger partial charge in [-0.1, -0.05) is 15.9 Å². The lowest BCUT2D eigenvalue weighted by Crippen LogP contribution is -2.24. The van der Waals surface area contributed by atoms with Crippen molar-refractivity contribution in [3.8, 4) is 0 Å². The van der Waals surface area contributed by atoms with Gasteiger partial charge < -0.3 is 5.11 Å². The van der Waals surface area contributed by atoms with Gasteiger partial charge in [-0.25, -0.2) is 22.9 Å². The molecule has 1 heterocycles. The predicted molar refractivity (Wildman–Crippen MR) is 82.0 cm³/mol. The van der Waals surface area contributed by atoms with Gasteiger partial charge in [0.2, 0.25) is 10.0 Å². The van der Waals surface area contributed by atoms with E-state index in [2.05, 4.69) is 25.6 Å². The zero-order chi connectivity index (χ0) is 15.6. The molecule has 0 aliphatic rings. The molecule has 0 amide bonds. The van der Waals surface area contributed by atoms with Crippen LogP contribution in [-0.4, -0.2) is 24.5 Å². The van der Waals surface area contributed by atoms with Crippen LogP contribution >= 0.6 is 27.3 Å². The molecule has 0 saturated heterocycles. The second-order valence-corrected chi connectivity index (χ2v) is 7.50. The Morgan fingerprint density at radius 1 is 1.48 bits per heavy atom. The molecule has 0 aliphatic carbocycles. The Kier molecular flexibility index (Phi) is 4.77. The predicted octanol–water partition coefficient (Wildman–Crippen LogP) is 2.39. The number of aromatic nitrogens is 1. The van der Waals surface area contributed by atoms with Gasteiger partial charge >= 0.3 is 5.97 Å². The number of hydrogen-bond acceptors (Lipinski definition) is 5. The highest BCUT2D eigenvalue weighted by atomic mass is 79.9. The van der Waals surface area contributed by atoms with Crippen molar-refractivity contribution in [2.75, 3.05) is 0 Å². The molecule has 2 rings (SSSR count). The number of thiazole rings is 1. The molecule has 0 radical (unpaired) electrons. The molecule has 0 atom stereocenters. The number of carbonyl (C=O) groups is 1. The number of benzene rings is 1. The Morgan fingerprint density at radius 2 is 2.19 bits per heavy atom. The van der Waals surface area contributed by atoms with Crippen LogP contribution in [0.1, 0.15) is 21.6 Å². The lowest BCUT2D eigenvalue weighted by molar-refractivity contribution is 0.0696. The SMILES string of the molecule is Cc1c(Br)cc(C(=O)O)cc1S(=O)(=O)NCc1cscn1. The van der Waals surface area contributed by atoms with E-state index in [4.69, 9.17) is 5.11 Å². The summed E-state index contributed by atoms with van der Waals surface area (Å²) in [6.07, 6.45) is 0. The molecule has 0 unspecified atom stereocenters. The molecule has 0 bridgehead atoms. The number of hydrogen-bond donors (Lipinski definition) is 2. The van der Waals surface area contributed by atoms with E-state index in [-0.39, 0.29) is 17.0 Å². The molecule has 2 aromatic rings. The van der Waals surface area contributed by atoms with E-state index in [1.807, 2.05) is 0 Å². The number of halogens is 1. The number of aromatic carboxylic acids is 1. The minimum atomic E-state index is -3.82. The van der Waals surface area contributed by atoms with Gasteiger partial charge in [-0.3, -0.25) is 0 Å². The number of carboxylic acids is 1. The highest BCUT2D eigenvalue weighted by Gasteiger charge is 2.21. The van der Waals surface area contributed by atoms with Crippen molar-refractivity contribution < 1.29 is 18.3 Å². The van der Waals surface area contributed by atoms with Gasteiger partial charge in [-0.05, 0) is 24.6 Å². The zero-order valence-electron chi connectivity index (χ0n) is 10.8.